The largest absolute Gasteiger partial charge is 0.423 e. The molecular formula is C30H34F4N6O3. The first-order valence-electron chi connectivity index (χ1n) is 14.3. The molecule has 9 nitrogen and oxygen atoms in total. The first-order chi connectivity index (χ1) is 20.4. The van der Waals surface area contributed by atoms with Gasteiger partial charge in [-0.2, -0.15) is 13.2 Å². The van der Waals surface area contributed by atoms with E-state index in [0.717, 1.165) is 60.6 Å². The zero-order valence-electron chi connectivity index (χ0n) is 24.0. The molecule has 3 heterocycles. The van der Waals surface area contributed by atoms with Crippen molar-refractivity contribution < 1.29 is 27.3 Å². The van der Waals surface area contributed by atoms with Crippen LogP contribution in [-0.4, -0.2) is 77.5 Å². The van der Waals surface area contributed by atoms with Gasteiger partial charge in [0, 0.05) is 74.9 Å². The van der Waals surface area contributed by atoms with Gasteiger partial charge >= 0.3 is 6.18 Å². The van der Waals surface area contributed by atoms with E-state index >= 15 is 0 Å². The molecule has 2 fully saturated rings. The number of carbonyl (C=O) groups excluding carboxylic acids is 1. The van der Waals surface area contributed by atoms with Crippen LogP contribution in [0.1, 0.15) is 30.9 Å². The second-order valence-electron chi connectivity index (χ2n) is 11.4. The quantitative estimate of drug-likeness (QED) is 0.218. The van der Waals surface area contributed by atoms with Crippen molar-refractivity contribution >= 4 is 34.0 Å². The fraction of sp³-hybridized carbons (Fsp3) is 0.467. The molecule has 0 bridgehead atoms. The summed E-state index contributed by atoms with van der Waals surface area (Å²) in [4.78, 5) is 34.2. The Balaban J connectivity index is 1.10. The second kappa shape index (κ2) is 12.3. The minimum absolute atomic E-state index is 0.0506. The van der Waals surface area contributed by atoms with E-state index in [9.17, 15) is 32.5 Å². The third-order valence-corrected chi connectivity index (χ3v) is 8.29. The molecule has 1 aromatic heterocycles. The number of hydrogen-bond acceptors (Lipinski definition) is 7. The summed E-state index contributed by atoms with van der Waals surface area (Å²) in [6.45, 7) is 8.52. The zero-order chi connectivity index (χ0) is 30.9. The number of likely N-dealkylation sites (tertiary alicyclic amines) is 1. The van der Waals surface area contributed by atoms with Crippen molar-refractivity contribution in [3.8, 4) is 0 Å². The molecule has 5 rings (SSSR count). The highest BCUT2D eigenvalue weighted by molar-refractivity contribution is 5.84. The third kappa shape index (κ3) is 6.98. The molecule has 230 valence electrons. The molecule has 2 saturated heterocycles. The van der Waals surface area contributed by atoms with Gasteiger partial charge in [-0.3, -0.25) is 19.8 Å². The Morgan fingerprint density at radius 3 is 2.42 bits per heavy atom. The highest BCUT2D eigenvalue weighted by Gasteiger charge is 2.38. The summed E-state index contributed by atoms with van der Waals surface area (Å²) in [5, 5.41) is 14.9. The van der Waals surface area contributed by atoms with E-state index in [0.29, 0.717) is 32.5 Å². The number of halogens is 4. The smallest absolute Gasteiger partial charge is 0.382 e. The number of alkyl halides is 3. The summed E-state index contributed by atoms with van der Waals surface area (Å²) >= 11 is 0. The van der Waals surface area contributed by atoms with Gasteiger partial charge in [0.05, 0.1) is 10.4 Å². The number of pyridine rings is 1. The normalized spacial score (nSPS) is 17.7. The van der Waals surface area contributed by atoms with Crippen LogP contribution in [-0.2, 0) is 11.0 Å². The Kier molecular flexibility index (Phi) is 8.72. The lowest BCUT2D eigenvalue weighted by atomic mass is 10.0. The van der Waals surface area contributed by atoms with Gasteiger partial charge < -0.3 is 15.1 Å². The van der Waals surface area contributed by atoms with Crippen molar-refractivity contribution in [2.24, 2.45) is 5.92 Å². The van der Waals surface area contributed by atoms with Crippen molar-refractivity contribution in [1.29, 1.82) is 0 Å². The number of fused-ring (bicyclic) bond motifs is 1. The van der Waals surface area contributed by atoms with E-state index < -0.39 is 22.4 Å². The minimum atomic E-state index is -4.84. The van der Waals surface area contributed by atoms with Crippen LogP contribution in [0, 0.1) is 28.8 Å². The number of rotatable bonds is 7. The van der Waals surface area contributed by atoms with E-state index in [-0.39, 0.29) is 29.4 Å². The number of nitrogens with zero attached hydrogens (tertiary/aromatic N) is 5. The molecule has 2 aromatic carbocycles. The molecule has 0 spiro atoms. The van der Waals surface area contributed by atoms with Gasteiger partial charge in [0.1, 0.15) is 17.2 Å². The summed E-state index contributed by atoms with van der Waals surface area (Å²) < 4.78 is 53.6. The summed E-state index contributed by atoms with van der Waals surface area (Å²) in [7, 11) is 0. The molecule has 0 aliphatic carbocycles. The molecule has 0 radical (unpaired) electrons. The number of nitro benzene ring substituents is 1. The van der Waals surface area contributed by atoms with Crippen molar-refractivity contribution in [2.75, 3.05) is 56.0 Å². The molecule has 1 amide bonds. The fourth-order valence-electron chi connectivity index (χ4n) is 5.94. The van der Waals surface area contributed by atoms with Crippen LogP contribution in [0.2, 0.25) is 0 Å². The fourth-order valence-corrected chi connectivity index (χ4v) is 5.94. The van der Waals surface area contributed by atoms with Gasteiger partial charge in [-0.05, 0) is 61.7 Å². The molecule has 1 atom stereocenters. The lowest BCUT2D eigenvalue weighted by Crippen LogP contribution is -2.50. The number of nitro groups is 1. The topological polar surface area (TPSA) is 94.8 Å². The number of hydrogen-bond donors (Lipinski definition) is 1. The van der Waals surface area contributed by atoms with Gasteiger partial charge in [0.25, 0.3) is 5.69 Å². The van der Waals surface area contributed by atoms with Gasteiger partial charge in [-0.25, -0.2) is 9.37 Å². The Morgan fingerprint density at radius 2 is 1.77 bits per heavy atom. The summed E-state index contributed by atoms with van der Waals surface area (Å²) in [5.41, 5.74) is -0.370. The van der Waals surface area contributed by atoms with Crippen molar-refractivity contribution in [2.45, 2.75) is 38.9 Å². The summed E-state index contributed by atoms with van der Waals surface area (Å²) in [6.07, 6.45) is -3.73. The molecule has 2 aliphatic heterocycles. The van der Waals surface area contributed by atoms with Crippen LogP contribution in [0.3, 0.4) is 0 Å². The maximum absolute atomic E-state index is 13.6. The minimum Gasteiger partial charge on any atom is -0.382 e. The highest BCUT2D eigenvalue weighted by atomic mass is 19.4. The molecule has 43 heavy (non-hydrogen) atoms. The molecular weight excluding hydrogens is 568 g/mol. The van der Waals surface area contributed by atoms with Crippen molar-refractivity contribution in [3.63, 3.8) is 0 Å². The maximum atomic E-state index is 13.6. The number of aryl methyl sites for hydroxylation is 1. The van der Waals surface area contributed by atoms with Crippen molar-refractivity contribution in [1.82, 2.24) is 14.8 Å². The highest BCUT2D eigenvalue weighted by Crippen LogP contribution is 2.38. The Bertz CT molecular complexity index is 1500. The van der Waals surface area contributed by atoms with Crippen LogP contribution >= 0.6 is 0 Å². The van der Waals surface area contributed by atoms with E-state index in [4.69, 9.17) is 4.98 Å². The van der Waals surface area contributed by atoms with E-state index in [2.05, 4.69) is 15.1 Å². The number of carbonyl (C=O) groups is 1. The van der Waals surface area contributed by atoms with Gasteiger partial charge in [-0.15, -0.1) is 0 Å². The Morgan fingerprint density at radius 1 is 1.07 bits per heavy atom. The van der Waals surface area contributed by atoms with Gasteiger partial charge in [0.2, 0.25) is 5.91 Å². The average molecular weight is 603 g/mol. The maximum Gasteiger partial charge on any atom is 0.423 e. The monoisotopic (exact) mass is 602 g/mol. The molecule has 1 N–H and O–H groups in total. The number of amides is 1. The summed E-state index contributed by atoms with van der Waals surface area (Å²) in [6, 6.07) is 9.37. The van der Waals surface area contributed by atoms with Crippen LogP contribution < -0.4 is 10.2 Å². The first kappa shape index (κ1) is 30.5. The number of benzene rings is 2. The SMILES string of the molecule is Cc1cc(N2CCN(CC(C)C(=O)N3CCC(Nc4ccc([N+](=O)[O-])c(C(F)(F)F)c4)CC3)CC2)nc2ccc(F)cc12. The van der Waals surface area contributed by atoms with Crippen LogP contribution in [0.25, 0.3) is 10.9 Å². The summed E-state index contributed by atoms with van der Waals surface area (Å²) in [5.74, 6) is 0.416. The lowest BCUT2D eigenvalue weighted by Gasteiger charge is -2.38. The van der Waals surface area contributed by atoms with Gasteiger partial charge in [0.15, 0.2) is 0 Å². The predicted octanol–water partition coefficient (Wildman–Crippen LogP) is 5.47. The molecule has 2 aliphatic rings. The zero-order valence-corrected chi connectivity index (χ0v) is 24.0. The molecule has 1 unspecified atom stereocenters. The molecule has 0 saturated carbocycles. The number of piperidine rings is 1. The standard InChI is InChI=1S/C30H34F4N6O3/c1-19-15-28(36-26-5-3-21(31)16-24(19)26)38-13-11-37(12-14-38)18-20(2)29(41)39-9-7-22(8-10-39)35-23-4-6-27(40(42)43)25(17-23)30(32,33)34/h3-6,15-17,20,22,35H,7-14,18H2,1-2H3. The Labute approximate surface area is 246 Å². The number of aromatic nitrogens is 1. The predicted molar refractivity (Wildman–Crippen MR) is 156 cm³/mol. The van der Waals surface area contributed by atoms with E-state index in [1.807, 2.05) is 19.9 Å². The van der Waals surface area contributed by atoms with E-state index in [1.54, 1.807) is 11.0 Å². The van der Waals surface area contributed by atoms with Crippen molar-refractivity contribution in [3.05, 3.63) is 69.5 Å². The van der Waals surface area contributed by atoms with E-state index in [1.165, 1.54) is 18.2 Å². The molecule has 3 aromatic rings. The average Bonchev–Trinajstić information content (AvgIpc) is 2.97. The number of anilines is 2. The molecule has 13 heteroatoms. The van der Waals surface area contributed by atoms with Crippen LogP contribution in [0.5, 0.6) is 0 Å². The van der Waals surface area contributed by atoms with Crippen LogP contribution in [0.4, 0.5) is 34.8 Å². The number of piperazine rings is 1. The second-order valence-corrected chi connectivity index (χ2v) is 11.4. The number of nitrogens with one attached hydrogen (secondary N) is 1. The van der Waals surface area contributed by atoms with Crippen LogP contribution in [0.15, 0.2) is 42.5 Å². The van der Waals surface area contributed by atoms with Gasteiger partial charge in [-0.1, -0.05) is 6.92 Å². The first-order valence-corrected chi connectivity index (χ1v) is 14.3. The third-order valence-electron chi connectivity index (χ3n) is 8.29. The lowest BCUT2D eigenvalue weighted by molar-refractivity contribution is -0.388. The Hall–Kier alpha value is -4.00.